The summed E-state index contributed by atoms with van der Waals surface area (Å²) in [5.74, 6) is 18.3. The molecule has 0 aliphatic carbocycles. The fraction of sp³-hybridized carbons (Fsp3) is 0.200. The Hall–Kier alpha value is -7.73. The van der Waals surface area contributed by atoms with Gasteiger partial charge in [0, 0.05) is 63.2 Å². The van der Waals surface area contributed by atoms with Crippen LogP contribution in [0.25, 0.3) is 22.8 Å². The first kappa shape index (κ1) is 64.8. The lowest BCUT2D eigenvalue weighted by Gasteiger charge is -2.34. The molecule has 2 aliphatic rings. The number of rotatable bonds is 7. The van der Waals surface area contributed by atoms with Crippen LogP contribution in [0.3, 0.4) is 0 Å². The minimum atomic E-state index is -0.824. The molecule has 2 aliphatic heterocycles. The summed E-state index contributed by atoms with van der Waals surface area (Å²) in [5, 5.41) is 30.5. The minimum Gasteiger partial charge on any atom is -0.480 e. The number of oxime groups is 1. The van der Waals surface area contributed by atoms with Gasteiger partial charge in [0.2, 0.25) is 23.4 Å². The van der Waals surface area contributed by atoms with Gasteiger partial charge in [-0.3, -0.25) is 9.69 Å². The molecule has 3 unspecified atom stereocenters. The van der Waals surface area contributed by atoms with Gasteiger partial charge >= 0.3 is 5.97 Å². The number of aromatic nitrogens is 4. The summed E-state index contributed by atoms with van der Waals surface area (Å²) in [6.45, 7) is 10.2. The van der Waals surface area contributed by atoms with Gasteiger partial charge in [0.1, 0.15) is 22.3 Å². The van der Waals surface area contributed by atoms with E-state index in [9.17, 15) is 18.0 Å². The summed E-state index contributed by atoms with van der Waals surface area (Å²) in [6, 6.07) is 40.7. The van der Waals surface area contributed by atoms with E-state index in [1.54, 1.807) is 67.6 Å². The van der Waals surface area contributed by atoms with Gasteiger partial charge in [0.15, 0.2) is 5.84 Å². The Bertz CT molecular complexity index is 3450. The molecule has 2 aromatic heterocycles. The number of carbonyl (C=O) groups is 1. The van der Waals surface area contributed by atoms with Crippen LogP contribution in [0.1, 0.15) is 95.2 Å². The van der Waals surface area contributed by atoms with Crippen molar-refractivity contribution in [3.05, 3.63) is 214 Å². The molecule has 0 saturated carbocycles. The minimum absolute atomic E-state index is 0. The van der Waals surface area contributed by atoms with Crippen LogP contribution in [0.4, 0.5) is 13.2 Å². The van der Waals surface area contributed by atoms with Crippen molar-refractivity contribution in [1.82, 2.24) is 30.5 Å². The number of carboxylic acids is 1. The number of hydrogen-bond donors (Lipinski definition) is 4. The number of nitrogens with one attached hydrogen (secondary N) is 1. The van der Waals surface area contributed by atoms with Gasteiger partial charge in [-0.1, -0.05) is 101 Å². The largest absolute Gasteiger partial charge is 0.480 e. The van der Waals surface area contributed by atoms with E-state index in [1.165, 1.54) is 62.3 Å². The predicted octanol–water partition coefficient (Wildman–Crippen LogP) is 12.8. The van der Waals surface area contributed by atoms with E-state index in [0.29, 0.717) is 45.7 Å². The molecule has 20 heteroatoms. The quantitative estimate of drug-likeness (QED) is 0.0296. The molecule has 6 aromatic carbocycles. The molecule has 0 amide bonds. The summed E-state index contributed by atoms with van der Waals surface area (Å²) < 4.78 is 49.8. The highest BCUT2D eigenvalue weighted by Gasteiger charge is 2.26. The highest BCUT2D eigenvalue weighted by atomic mass is 79.9. The van der Waals surface area contributed by atoms with Crippen LogP contribution >= 0.6 is 56.7 Å². The maximum Gasteiger partial charge on any atom is 0.316 e. The Labute approximate surface area is 491 Å². The zero-order valence-electron chi connectivity index (χ0n) is 43.4. The van der Waals surface area contributed by atoms with Gasteiger partial charge in [0.25, 0.3) is 0 Å². The Morgan fingerprint density at radius 1 is 0.613 bits per heavy atom. The number of hydrogen-bond acceptors (Lipinski definition) is 11. The highest BCUT2D eigenvalue weighted by Crippen LogP contribution is 2.27. The monoisotopic (exact) mass is 1250 g/mol. The first-order valence-electron chi connectivity index (χ1n) is 24.4. The molecule has 80 heavy (non-hydrogen) atoms. The standard InChI is InChI=1S/C21H18FN3O.C18H12BrFN2O.C15H11FN2O.C3H5BrO2.C3H7N.2ClH/c1-15(25-12-3-13-25)21-23-20(24-26-21)18-10-8-16(9-11-18)6-7-17-4-2-5-19(22)14-17;1-12(19)18-21-17(22-23-18)15-9-7-13(8-10-15)5-6-14-3-2-4-16(20)11-14;16-14-3-1-2-12(10-14)5-4-11-6-8-13(9-7-11)15(17)18-19;1-2(4)3(5)6;1-2-4-3-1;;/h2,4-5,8-11,14-15H,3,12-13H2,1H3;2-4,7-12H,1H3;1-3,6-10,19H,(H2,17,18);2H,1H3,(H,5,6);4H,1-3H2;2*1H. The Morgan fingerprint density at radius 2 is 0.963 bits per heavy atom. The number of halogens is 7. The van der Waals surface area contributed by atoms with E-state index < -0.39 is 10.8 Å². The summed E-state index contributed by atoms with van der Waals surface area (Å²) >= 11 is 6.23. The fourth-order valence-electron chi connectivity index (χ4n) is 6.42. The number of nitrogens with two attached hydrogens (primary N) is 1. The second-order valence-electron chi connectivity index (χ2n) is 17.2. The number of carboxylic acid groups (broad SMARTS) is 1. The summed E-state index contributed by atoms with van der Waals surface area (Å²) in [7, 11) is 0. The molecule has 13 nitrogen and oxygen atoms in total. The van der Waals surface area contributed by atoms with Crippen molar-refractivity contribution in [3.8, 4) is 58.3 Å². The summed E-state index contributed by atoms with van der Waals surface area (Å²) in [4.78, 5) is 20.4. The van der Waals surface area contributed by atoms with Gasteiger partial charge in [-0.15, -0.1) is 24.8 Å². The van der Waals surface area contributed by atoms with E-state index in [2.05, 4.69) is 110 Å². The van der Waals surface area contributed by atoms with Crippen LogP contribution in [-0.4, -0.2) is 78.3 Å². The second-order valence-corrected chi connectivity index (χ2v) is 19.9. The molecular weight excluding hydrogens is 1200 g/mol. The van der Waals surface area contributed by atoms with Crippen molar-refractivity contribution in [1.29, 1.82) is 0 Å². The molecule has 0 spiro atoms. The molecule has 4 heterocycles. The van der Waals surface area contributed by atoms with Crippen LogP contribution in [0.2, 0.25) is 0 Å². The van der Waals surface area contributed by atoms with E-state index in [4.69, 9.17) is 25.1 Å². The Morgan fingerprint density at radius 3 is 1.26 bits per heavy atom. The first-order chi connectivity index (χ1) is 37.6. The molecule has 3 atom stereocenters. The number of amidine groups is 1. The molecular formula is C60H55Br2Cl2F3N8O5. The van der Waals surface area contributed by atoms with Gasteiger partial charge in [-0.25, -0.2) is 13.2 Å². The Balaban J connectivity index is 0.000000236. The third-order valence-electron chi connectivity index (χ3n) is 11.2. The molecule has 10 rings (SSSR count). The zero-order chi connectivity index (χ0) is 55.8. The smallest absolute Gasteiger partial charge is 0.316 e. The molecule has 2 fully saturated rings. The molecule has 5 N–H and O–H groups in total. The van der Waals surface area contributed by atoms with Crippen molar-refractivity contribution < 1.29 is 37.3 Å². The molecule has 8 aromatic rings. The number of alkyl halides is 2. The van der Waals surface area contributed by atoms with Crippen molar-refractivity contribution in [2.45, 2.75) is 49.3 Å². The topological polar surface area (TPSA) is 189 Å². The van der Waals surface area contributed by atoms with Gasteiger partial charge in [-0.05, 0) is 174 Å². The number of aliphatic carboxylic acids is 1. The SMILES string of the molecule is C1CNC1.CC(Br)C(=O)O.CC(Br)c1nc(-c2ccc(C#Cc3cccc(F)c3)cc2)no1.CC(c1nc(-c2ccc(C#Cc3cccc(F)c3)cc2)no1)N1CCC1.Cl.Cl.N/C(=N\O)c1ccc(C#Cc2cccc(F)c2)cc1. The van der Waals surface area contributed by atoms with Crippen LogP contribution in [0, 0.1) is 53.0 Å². The number of benzene rings is 6. The third-order valence-corrected chi connectivity index (χ3v) is 12.0. The van der Waals surface area contributed by atoms with Crippen LogP contribution in [0.5, 0.6) is 0 Å². The molecule has 0 bridgehead atoms. The maximum absolute atomic E-state index is 13.2. The lowest BCUT2D eigenvalue weighted by molar-refractivity contribution is -0.135. The Kier molecular flexibility index (Phi) is 27.3. The summed E-state index contributed by atoms with van der Waals surface area (Å²) in [5.41, 5.74) is 12.1. The summed E-state index contributed by atoms with van der Waals surface area (Å²) in [6.07, 6.45) is 2.61. The van der Waals surface area contributed by atoms with E-state index >= 15 is 0 Å². The van der Waals surface area contributed by atoms with E-state index in [0.717, 1.165) is 40.9 Å². The van der Waals surface area contributed by atoms with Crippen LogP contribution in [-0.2, 0) is 4.79 Å². The third kappa shape index (κ3) is 21.5. The fourth-order valence-corrected chi connectivity index (χ4v) is 6.60. The van der Waals surface area contributed by atoms with Gasteiger partial charge < -0.3 is 30.4 Å². The predicted molar refractivity (Wildman–Crippen MR) is 316 cm³/mol. The lowest BCUT2D eigenvalue weighted by Crippen LogP contribution is -2.39. The maximum atomic E-state index is 13.2. The van der Waals surface area contributed by atoms with Crippen LogP contribution in [0.15, 0.2) is 160 Å². The number of nitrogens with zero attached hydrogens (tertiary/aromatic N) is 6. The van der Waals surface area contributed by atoms with Crippen molar-refractivity contribution in [2.75, 3.05) is 26.2 Å². The average molecular weight is 1260 g/mol. The normalized spacial score (nSPS) is 13.0. The van der Waals surface area contributed by atoms with Gasteiger partial charge in [0.05, 0.1) is 10.9 Å². The molecule has 414 valence electrons. The average Bonchev–Trinajstić information content (AvgIpc) is 4.12. The van der Waals surface area contributed by atoms with Crippen LogP contribution < -0.4 is 11.1 Å². The van der Waals surface area contributed by atoms with E-state index in [-0.39, 0.29) is 59.0 Å². The zero-order valence-corrected chi connectivity index (χ0v) is 48.2. The van der Waals surface area contributed by atoms with Crippen molar-refractivity contribution in [2.24, 2.45) is 10.9 Å². The number of likely N-dealkylation sites (tertiary alicyclic amines) is 1. The highest BCUT2D eigenvalue weighted by molar-refractivity contribution is 9.10. The molecule has 2 saturated heterocycles. The van der Waals surface area contributed by atoms with Crippen molar-refractivity contribution in [3.63, 3.8) is 0 Å². The van der Waals surface area contributed by atoms with Gasteiger partial charge in [-0.2, -0.15) is 9.97 Å². The second kappa shape index (κ2) is 33.6. The lowest BCUT2D eigenvalue weighted by atomic mass is 10.1. The van der Waals surface area contributed by atoms with Crippen molar-refractivity contribution >= 4 is 68.5 Å². The first-order valence-corrected chi connectivity index (χ1v) is 26.2. The molecule has 0 radical (unpaired) electrons. The van der Waals surface area contributed by atoms with E-state index in [1.807, 2.05) is 55.5 Å².